The maximum Gasteiger partial charge on any atom is 0.337 e. The average molecular weight is 339 g/mol. The van der Waals surface area contributed by atoms with Crippen molar-refractivity contribution in [1.82, 2.24) is 4.90 Å². The van der Waals surface area contributed by atoms with Gasteiger partial charge in [0.1, 0.15) is 5.75 Å². The zero-order chi connectivity index (χ0) is 17.8. The van der Waals surface area contributed by atoms with Gasteiger partial charge in [0.15, 0.2) is 0 Å². The van der Waals surface area contributed by atoms with E-state index in [9.17, 15) is 9.59 Å². The number of esters is 1. The Balaban J connectivity index is 1.66. The molecule has 0 bridgehead atoms. The number of carbonyl (C=O) groups is 2. The summed E-state index contributed by atoms with van der Waals surface area (Å²) in [6.07, 6.45) is 0.943. The second kappa shape index (κ2) is 7.38. The zero-order valence-corrected chi connectivity index (χ0v) is 14.4. The molecule has 1 unspecified atom stereocenters. The van der Waals surface area contributed by atoms with Crippen LogP contribution in [0.2, 0.25) is 0 Å². The Morgan fingerprint density at radius 2 is 1.60 bits per heavy atom. The molecule has 2 aromatic carbocycles. The van der Waals surface area contributed by atoms with Crippen molar-refractivity contribution >= 4 is 11.9 Å². The van der Waals surface area contributed by atoms with Crippen LogP contribution in [0, 0.1) is 0 Å². The first-order valence-electron chi connectivity index (χ1n) is 8.24. The lowest BCUT2D eigenvalue weighted by Gasteiger charge is -2.17. The van der Waals surface area contributed by atoms with Crippen molar-refractivity contribution in [2.24, 2.45) is 0 Å². The zero-order valence-electron chi connectivity index (χ0n) is 14.4. The Labute approximate surface area is 147 Å². The number of hydrogen-bond donors (Lipinski definition) is 0. The molecule has 5 heteroatoms. The van der Waals surface area contributed by atoms with Crippen LogP contribution in [0.3, 0.4) is 0 Å². The highest BCUT2D eigenvalue weighted by atomic mass is 16.5. The summed E-state index contributed by atoms with van der Waals surface area (Å²) in [5.41, 5.74) is 2.25. The standard InChI is InChI=1S/C20H21NO4/c1-24-18-9-7-14(8-10-18)17-11-12-21(13-17)19(22)15-3-5-16(6-4-15)20(23)25-2/h3-10,17H,11-13H2,1-2H3. The van der Waals surface area contributed by atoms with Crippen molar-refractivity contribution in [3.8, 4) is 5.75 Å². The number of rotatable bonds is 4. The van der Waals surface area contributed by atoms with Gasteiger partial charge in [0.05, 0.1) is 19.8 Å². The van der Waals surface area contributed by atoms with Gasteiger partial charge >= 0.3 is 5.97 Å². The van der Waals surface area contributed by atoms with Crippen LogP contribution in [-0.2, 0) is 4.74 Å². The smallest absolute Gasteiger partial charge is 0.337 e. The van der Waals surface area contributed by atoms with Crippen LogP contribution in [-0.4, -0.2) is 44.1 Å². The molecule has 1 amide bonds. The second-order valence-electron chi connectivity index (χ2n) is 6.08. The molecule has 0 saturated carbocycles. The van der Waals surface area contributed by atoms with Crippen LogP contribution in [0.5, 0.6) is 5.75 Å². The third-order valence-electron chi connectivity index (χ3n) is 4.62. The number of hydrogen-bond acceptors (Lipinski definition) is 4. The van der Waals surface area contributed by atoms with E-state index in [-0.39, 0.29) is 5.91 Å². The molecule has 1 saturated heterocycles. The van der Waals surface area contributed by atoms with E-state index in [4.69, 9.17) is 4.74 Å². The number of methoxy groups -OCH3 is 2. The normalized spacial score (nSPS) is 16.6. The minimum Gasteiger partial charge on any atom is -0.497 e. The molecule has 1 atom stereocenters. The van der Waals surface area contributed by atoms with E-state index in [1.54, 1.807) is 31.4 Å². The van der Waals surface area contributed by atoms with Gasteiger partial charge in [-0.25, -0.2) is 4.79 Å². The monoisotopic (exact) mass is 339 g/mol. The lowest BCUT2D eigenvalue weighted by Crippen LogP contribution is -2.28. The molecular weight excluding hydrogens is 318 g/mol. The van der Waals surface area contributed by atoms with Crippen LogP contribution < -0.4 is 4.74 Å². The van der Waals surface area contributed by atoms with Gasteiger partial charge in [-0.3, -0.25) is 4.79 Å². The summed E-state index contributed by atoms with van der Waals surface area (Å²) in [5, 5.41) is 0. The molecule has 0 N–H and O–H groups in total. The molecule has 0 spiro atoms. The van der Waals surface area contributed by atoms with Crippen LogP contribution in [0.25, 0.3) is 0 Å². The maximum atomic E-state index is 12.7. The lowest BCUT2D eigenvalue weighted by atomic mass is 9.98. The molecule has 1 heterocycles. The quantitative estimate of drug-likeness (QED) is 0.803. The summed E-state index contributed by atoms with van der Waals surface area (Å²) < 4.78 is 9.86. The Morgan fingerprint density at radius 3 is 2.20 bits per heavy atom. The molecule has 130 valence electrons. The number of carbonyl (C=O) groups excluding carboxylic acids is 2. The Kier molecular flexibility index (Phi) is 5.03. The molecule has 1 aliphatic rings. The van der Waals surface area contributed by atoms with E-state index in [1.165, 1.54) is 12.7 Å². The lowest BCUT2D eigenvalue weighted by molar-refractivity contribution is 0.0600. The van der Waals surface area contributed by atoms with Crippen molar-refractivity contribution in [2.75, 3.05) is 27.3 Å². The molecule has 5 nitrogen and oxygen atoms in total. The van der Waals surface area contributed by atoms with E-state index in [0.717, 1.165) is 18.7 Å². The van der Waals surface area contributed by atoms with E-state index >= 15 is 0 Å². The number of likely N-dealkylation sites (tertiary alicyclic amines) is 1. The molecule has 1 aliphatic heterocycles. The molecule has 0 radical (unpaired) electrons. The van der Waals surface area contributed by atoms with Gasteiger partial charge in [-0.05, 0) is 48.4 Å². The van der Waals surface area contributed by atoms with Crippen LogP contribution in [0.4, 0.5) is 0 Å². The van der Waals surface area contributed by atoms with Crippen molar-refractivity contribution in [2.45, 2.75) is 12.3 Å². The van der Waals surface area contributed by atoms with Crippen molar-refractivity contribution in [3.63, 3.8) is 0 Å². The first-order chi connectivity index (χ1) is 12.1. The molecule has 0 aromatic heterocycles. The van der Waals surface area contributed by atoms with Crippen molar-refractivity contribution in [1.29, 1.82) is 0 Å². The minimum atomic E-state index is -0.403. The fraction of sp³-hybridized carbons (Fsp3) is 0.300. The van der Waals surface area contributed by atoms with Gasteiger partial charge in [0.25, 0.3) is 5.91 Å². The first kappa shape index (κ1) is 17.0. The number of ether oxygens (including phenoxy) is 2. The molecule has 3 rings (SSSR count). The average Bonchev–Trinajstić information content (AvgIpc) is 3.17. The minimum absolute atomic E-state index is 0.00701. The molecule has 1 fully saturated rings. The fourth-order valence-electron chi connectivity index (χ4n) is 3.14. The first-order valence-corrected chi connectivity index (χ1v) is 8.24. The fourth-order valence-corrected chi connectivity index (χ4v) is 3.14. The summed E-state index contributed by atoms with van der Waals surface area (Å²) in [5.74, 6) is 0.761. The van der Waals surface area contributed by atoms with Crippen molar-refractivity contribution in [3.05, 3.63) is 65.2 Å². The van der Waals surface area contributed by atoms with E-state index in [0.29, 0.717) is 23.6 Å². The summed E-state index contributed by atoms with van der Waals surface area (Å²) >= 11 is 0. The van der Waals surface area contributed by atoms with Gasteiger partial charge in [-0.1, -0.05) is 12.1 Å². The van der Waals surface area contributed by atoms with Gasteiger partial charge in [-0.2, -0.15) is 0 Å². The maximum absolute atomic E-state index is 12.7. The molecular formula is C20H21NO4. The molecule has 25 heavy (non-hydrogen) atoms. The predicted octanol–water partition coefficient (Wildman–Crippen LogP) is 3.11. The third kappa shape index (κ3) is 3.65. The van der Waals surface area contributed by atoms with Gasteiger partial charge in [-0.15, -0.1) is 0 Å². The van der Waals surface area contributed by atoms with Gasteiger partial charge in [0, 0.05) is 24.6 Å². The van der Waals surface area contributed by atoms with Gasteiger partial charge < -0.3 is 14.4 Å². The summed E-state index contributed by atoms with van der Waals surface area (Å²) in [4.78, 5) is 26.0. The van der Waals surface area contributed by atoms with E-state index < -0.39 is 5.97 Å². The summed E-state index contributed by atoms with van der Waals surface area (Å²) in [6.45, 7) is 1.43. The topological polar surface area (TPSA) is 55.8 Å². The number of amides is 1. The van der Waals surface area contributed by atoms with Crippen LogP contribution in [0.1, 0.15) is 38.6 Å². The number of nitrogens with zero attached hydrogens (tertiary/aromatic N) is 1. The van der Waals surface area contributed by atoms with Crippen LogP contribution >= 0.6 is 0 Å². The van der Waals surface area contributed by atoms with Gasteiger partial charge in [0.2, 0.25) is 0 Å². The van der Waals surface area contributed by atoms with Crippen LogP contribution in [0.15, 0.2) is 48.5 Å². The summed E-state index contributed by atoms with van der Waals surface area (Å²) in [6, 6.07) is 14.6. The Bertz CT molecular complexity index is 752. The highest BCUT2D eigenvalue weighted by molar-refractivity contribution is 5.96. The van der Waals surface area contributed by atoms with Crippen molar-refractivity contribution < 1.29 is 19.1 Å². The largest absolute Gasteiger partial charge is 0.497 e. The SMILES string of the molecule is COC(=O)c1ccc(C(=O)N2CCC(c3ccc(OC)cc3)C2)cc1. The summed E-state index contributed by atoms with van der Waals surface area (Å²) in [7, 11) is 2.99. The molecule has 0 aliphatic carbocycles. The second-order valence-corrected chi connectivity index (χ2v) is 6.08. The third-order valence-corrected chi connectivity index (χ3v) is 4.62. The van der Waals surface area contributed by atoms with E-state index in [1.807, 2.05) is 17.0 Å². The van der Waals surface area contributed by atoms with E-state index in [2.05, 4.69) is 16.9 Å². The highest BCUT2D eigenvalue weighted by Gasteiger charge is 2.28. The number of benzene rings is 2. The molecule has 2 aromatic rings. The Hall–Kier alpha value is -2.82. The highest BCUT2D eigenvalue weighted by Crippen LogP contribution is 2.29. The Morgan fingerprint density at radius 1 is 0.960 bits per heavy atom. The predicted molar refractivity (Wildman–Crippen MR) is 94.0 cm³/mol.